The Morgan fingerprint density at radius 3 is 2.80 bits per heavy atom. The third kappa shape index (κ3) is 3.33. The number of carbonyl (C=O) groups is 1. The van der Waals surface area contributed by atoms with Crippen molar-refractivity contribution in [1.82, 2.24) is 4.90 Å². The van der Waals surface area contributed by atoms with Crippen LogP contribution in [-0.4, -0.2) is 34.3 Å². The Bertz CT molecular complexity index is 510. The van der Waals surface area contributed by atoms with Crippen LogP contribution in [-0.2, 0) is 17.7 Å². The molecule has 1 N–H and O–H groups in total. The maximum Gasteiger partial charge on any atom is 0.410 e. The van der Waals surface area contributed by atoms with Gasteiger partial charge in [-0.2, -0.15) is 0 Å². The fraction of sp³-hybridized carbons (Fsp3) is 0.533. The Balaban J connectivity index is 2.25. The molecule has 0 radical (unpaired) electrons. The van der Waals surface area contributed by atoms with Gasteiger partial charge in [-0.25, -0.2) is 4.79 Å². The van der Waals surface area contributed by atoms with Crippen molar-refractivity contribution < 1.29 is 14.6 Å². The number of fused-ring (bicyclic) bond motifs is 1. The normalized spacial score (nSPS) is 18.6. The van der Waals surface area contributed by atoms with E-state index in [9.17, 15) is 9.90 Å². The van der Waals surface area contributed by atoms with E-state index in [1.165, 1.54) is 0 Å². The number of aliphatic hydroxyl groups is 1. The van der Waals surface area contributed by atoms with E-state index in [0.29, 0.717) is 13.0 Å². The molecular formula is C15H20BrNO3. The highest BCUT2D eigenvalue weighted by molar-refractivity contribution is 9.10. The summed E-state index contributed by atoms with van der Waals surface area (Å²) in [5.41, 5.74) is 1.72. The van der Waals surface area contributed by atoms with Crippen molar-refractivity contribution in [3.8, 4) is 0 Å². The van der Waals surface area contributed by atoms with E-state index in [1.807, 2.05) is 39.0 Å². The number of carbonyl (C=O) groups excluding carboxylic acids is 1. The molecule has 1 aliphatic heterocycles. The number of aliphatic hydroxyl groups excluding tert-OH is 1. The number of rotatable bonds is 1. The summed E-state index contributed by atoms with van der Waals surface area (Å²) in [4.78, 5) is 13.9. The minimum Gasteiger partial charge on any atom is -0.444 e. The van der Waals surface area contributed by atoms with Gasteiger partial charge in [-0.15, -0.1) is 0 Å². The summed E-state index contributed by atoms with van der Waals surface area (Å²) in [6.07, 6.45) is 0.258. The number of hydrogen-bond donors (Lipinski definition) is 1. The number of nitrogens with zero attached hydrogens (tertiary/aromatic N) is 1. The molecule has 0 aliphatic carbocycles. The Morgan fingerprint density at radius 1 is 1.50 bits per heavy atom. The van der Waals surface area contributed by atoms with Crippen LogP contribution in [0.1, 0.15) is 31.9 Å². The second-order valence-electron chi connectivity index (χ2n) is 6.03. The maximum atomic E-state index is 12.3. The van der Waals surface area contributed by atoms with Gasteiger partial charge in [0.15, 0.2) is 0 Å². The molecule has 1 atom stereocenters. The third-order valence-electron chi connectivity index (χ3n) is 3.28. The van der Waals surface area contributed by atoms with E-state index in [2.05, 4.69) is 15.9 Å². The summed E-state index contributed by atoms with van der Waals surface area (Å²) < 4.78 is 6.44. The predicted octanol–water partition coefficient (Wildman–Crippen LogP) is 3.10. The van der Waals surface area contributed by atoms with E-state index < -0.39 is 5.60 Å². The molecule has 1 heterocycles. The Morgan fingerprint density at radius 2 is 2.20 bits per heavy atom. The molecule has 2 rings (SSSR count). The molecule has 0 unspecified atom stereocenters. The second-order valence-corrected chi connectivity index (χ2v) is 6.88. The predicted molar refractivity (Wildman–Crippen MR) is 80.5 cm³/mol. The van der Waals surface area contributed by atoms with Crippen LogP contribution in [0.4, 0.5) is 4.79 Å². The molecule has 20 heavy (non-hydrogen) atoms. The summed E-state index contributed by atoms with van der Waals surface area (Å²) in [5.74, 6) is 0. The van der Waals surface area contributed by atoms with Gasteiger partial charge in [0.1, 0.15) is 5.60 Å². The first kappa shape index (κ1) is 15.3. The van der Waals surface area contributed by atoms with Crippen molar-refractivity contribution in [2.24, 2.45) is 0 Å². The number of amides is 1. The molecule has 5 heteroatoms. The van der Waals surface area contributed by atoms with Crippen molar-refractivity contribution in [2.75, 3.05) is 6.61 Å². The molecule has 0 fully saturated rings. The first-order valence-electron chi connectivity index (χ1n) is 6.68. The van der Waals surface area contributed by atoms with E-state index in [-0.39, 0.29) is 18.7 Å². The fourth-order valence-electron chi connectivity index (χ4n) is 2.34. The van der Waals surface area contributed by atoms with Gasteiger partial charge in [-0.3, -0.25) is 4.90 Å². The first-order valence-corrected chi connectivity index (χ1v) is 7.48. The lowest BCUT2D eigenvalue weighted by atomic mass is 9.94. The average molecular weight is 342 g/mol. The van der Waals surface area contributed by atoms with Crippen molar-refractivity contribution >= 4 is 22.0 Å². The standard InChI is InChI=1S/C15H20BrNO3/c1-15(2,3)20-14(19)17-8-10-5-4-6-13(16)12(10)7-11(17)9-18/h4-6,11,18H,7-9H2,1-3H3/t11-/m1/s1. The smallest absolute Gasteiger partial charge is 0.410 e. The fourth-order valence-corrected chi connectivity index (χ4v) is 2.90. The van der Waals surface area contributed by atoms with Crippen molar-refractivity contribution in [3.63, 3.8) is 0 Å². The highest BCUT2D eigenvalue weighted by Gasteiger charge is 2.33. The molecule has 110 valence electrons. The van der Waals surface area contributed by atoms with E-state index >= 15 is 0 Å². The largest absolute Gasteiger partial charge is 0.444 e. The molecule has 0 saturated carbocycles. The van der Waals surface area contributed by atoms with Gasteiger partial charge >= 0.3 is 6.09 Å². The monoisotopic (exact) mass is 341 g/mol. The van der Waals surface area contributed by atoms with Crippen molar-refractivity contribution in [1.29, 1.82) is 0 Å². The quantitative estimate of drug-likeness (QED) is 0.853. The molecule has 4 nitrogen and oxygen atoms in total. The zero-order valence-corrected chi connectivity index (χ0v) is 13.6. The summed E-state index contributed by atoms with van der Waals surface area (Å²) in [6, 6.07) is 5.70. The van der Waals surface area contributed by atoms with Gasteiger partial charge < -0.3 is 9.84 Å². The lowest BCUT2D eigenvalue weighted by Crippen LogP contribution is -2.48. The lowest BCUT2D eigenvalue weighted by molar-refractivity contribution is 0.00457. The first-order chi connectivity index (χ1) is 9.31. The summed E-state index contributed by atoms with van der Waals surface area (Å²) in [6.45, 7) is 5.92. The number of benzene rings is 1. The molecule has 0 aromatic heterocycles. The number of ether oxygens (including phenoxy) is 1. The van der Waals surface area contributed by atoms with E-state index in [4.69, 9.17) is 4.74 Å². The van der Waals surface area contributed by atoms with Gasteiger partial charge in [0.2, 0.25) is 0 Å². The molecule has 0 saturated heterocycles. The molecule has 0 spiro atoms. The Hall–Kier alpha value is -1.07. The maximum absolute atomic E-state index is 12.3. The zero-order valence-electron chi connectivity index (χ0n) is 12.0. The van der Waals surface area contributed by atoms with Crippen LogP contribution in [0.2, 0.25) is 0 Å². The van der Waals surface area contributed by atoms with Gasteiger partial charge in [-0.05, 0) is 44.4 Å². The Labute approximate surface area is 127 Å². The zero-order chi connectivity index (χ0) is 14.9. The summed E-state index contributed by atoms with van der Waals surface area (Å²) >= 11 is 3.53. The van der Waals surface area contributed by atoms with Crippen LogP contribution >= 0.6 is 15.9 Å². The summed E-state index contributed by atoms with van der Waals surface area (Å²) in [5, 5.41) is 9.56. The highest BCUT2D eigenvalue weighted by Crippen LogP contribution is 2.30. The molecule has 1 aromatic carbocycles. The van der Waals surface area contributed by atoms with E-state index in [0.717, 1.165) is 15.6 Å². The van der Waals surface area contributed by atoms with Crippen LogP contribution in [0.3, 0.4) is 0 Å². The third-order valence-corrected chi connectivity index (χ3v) is 4.02. The van der Waals surface area contributed by atoms with Crippen molar-refractivity contribution in [2.45, 2.75) is 45.4 Å². The minimum atomic E-state index is -0.533. The minimum absolute atomic E-state index is 0.0694. The van der Waals surface area contributed by atoms with Gasteiger partial charge in [0.05, 0.1) is 12.6 Å². The number of halogens is 1. The van der Waals surface area contributed by atoms with Crippen LogP contribution in [0.25, 0.3) is 0 Å². The summed E-state index contributed by atoms with van der Waals surface area (Å²) in [7, 11) is 0. The highest BCUT2D eigenvalue weighted by atomic mass is 79.9. The lowest BCUT2D eigenvalue weighted by Gasteiger charge is -2.37. The molecular weight excluding hydrogens is 322 g/mol. The van der Waals surface area contributed by atoms with Gasteiger partial charge in [-0.1, -0.05) is 28.1 Å². The van der Waals surface area contributed by atoms with Crippen LogP contribution in [0.15, 0.2) is 22.7 Å². The second kappa shape index (κ2) is 5.74. The topological polar surface area (TPSA) is 49.8 Å². The molecule has 1 aliphatic rings. The molecule has 0 bridgehead atoms. The average Bonchev–Trinajstić information content (AvgIpc) is 2.36. The van der Waals surface area contributed by atoms with Gasteiger partial charge in [0.25, 0.3) is 0 Å². The molecule has 1 aromatic rings. The SMILES string of the molecule is CC(C)(C)OC(=O)N1Cc2cccc(Br)c2C[C@@H]1CO. The van der Waals surface area contributed by atoms with Crippen LogP contribution < -0.4 is 0 Å². The Kier molecular flexibility index (Phi) is 4.39. The van der Waals surface area contributed by atoms with Crippen molar-refractivity contribution in [3.05, 3.63) is 33.8 Å². The van der Waals surface area contributed by atoms with Crippen LogP contribution in [0.5, 0.6) is 0 Å². The van der Waals surface area contributed by atoms with Crippen LogP contribution in [0, 0.1) is 0 Å². The van der Waals surface area contributed by atoms with Gasteiger partial charge in [0, 0.05) is 11.0 Å². The molecule has 1 amide bonds. The number of hydrogen-bond acceptors (Lipinski definition) is 3. The van der Waals surface area contributed by atoms with E-state index in [1.54, 1.807) is 4.90 Å².